The average Bonchev–Trinajstić information content (AvgIpc) is 3.35. The summed E-state index contributed by atoms with van der Waals surface area (Å²) < 4.78 is 0. The number of carbonyl (C=O) groups excluding carboxylic acids is 3. The number of carbonyl (C=O) groups is 3. The van der Waals surface area contributed by atoms with Gasteiger partial charge in [0.15, 0.2) is 0 Å². The minimum absolute atomic E-state index is 0.259. The van der Waals surface area contributed by atoms with Crippen LogP contribution in [-0.4, -0.2) is 34.3 Å². The Labute approximate surface area is 230 Å². The van der Waals surface area contributed by atoms with E-state index in [1.54, 1.807) is 115 Å². The van der Waals surface area contributed by atoms with Gasteiger partial charge in [-0.05, 0) is 43.3 Å². The van der Waals surface area contributed by atoms with Crippen LogP contribution in [0.3, 0.4) is 0 Å². The van der Waals surface area contributed by atoms with Crippen LogP contribution in [0.25, 0.3) is 5.76 Å². The molecule has 2 amide bonds. The topological polar surface area (TPSA) is 105 Å². The van der Waals surface area contributed by atoms with Crippen LogP contribution >= 0.6 is 0 Å². The van der Waals surface area contributed by atoms with Crippen molar-refractivity contribution in [1.82, 2.24) is 0 Å². The highest BCUT2D eigenvalue weighted by Gasteiger charge is 2.71. The van der Waals surface area contributed by atoms with Gasteiger partial charge in [0.25, 0.3) is 11.7 Å². The number of nitrogens with one attached hydrogen (secondary N) is 1. The number of benzene rings is 4. The molecular formula is C32H24N4O4. The van der Waals surface area contributed by atoms with Crippen molar-refractivity contribution in [3.63, 3.8) is 0 Å². The molecule has 0 aromatic heterocycles. The Hall–Kier alpha value is -5.50. The molecule has 196 valence electrons. The van der Waals surface area contributed by atoms with Gasteiger partial charge in [-0.15, -0.1) is 0 Å². The number of nitrogens with zero attached hydrogens (tertiary/aromatic N) is 3. The lowest BCUT2D eigenvalue weighted by atomic mass is 9.92. The SMILES string of the molecule is Cc1ccc(N2C(=O)C(=O)/C(=C(/O)c3ccccc3)C23C(=O)N(c2ccccc2)C(=N)N3c2ccccc2)cc1. The first-order valence-electron chi connectivity index (χ1n) is 12.7. The lowest BCUT2D eigenvalue weighted by Crippen LogP contribution is -2.62. The molecule has 1 unspecified atom stereocenters. The third-order valence-electron chi connectivity index (χ3n) is 7.15. The third-order valence-corrected chi connectivity index (χ3v) is 7.15. The first kappa shape index (κ1) is 24.8. The van der Waals surface area contributed by atoms with E-state index in [0.29, 0.717) is 11.4 Å². The second-order valence-corrected chi connectivity index (χ2v) is 9.54. The van der Waals surface area contributed by atoms with Crippen LogP contribution in [-0.2, 0) is 14.4 Å². The average molecular weight is 529 g/mol. The summed E-state index contributed by atoms with van der Waals surface area (Å²) in [5.74, 6) is -3.55. The van der Waals surface area contributed by atoms with Crippen molar-refractivity contribution in [2.75, 3.05) is 14.7 Å². The van der Waals surface area contributed by atoms with E-state index in [2.05, 4.69) is 0 Å². The molecule has 2 heterocycles. The van der Waals surface area contributed by atoms with Crippen molar-refractivity contribution in [1.29, 1.82) is 5.41 Å². The number of para-hydroxylation sites is 2. The Bertz CT molecular complexity index is 1690. The highest BCUT2D eigenvalue weighted by molar-refractivity contribution is 6.57. The molecule has 2 aliphatic rings. The van der Waals surface area contributed by atoms with E-state index in [9.17, 15) is 24.9 Å². The molecule has 0 bridgehead atoms. The van der Waals surface area contributed by atoms with Crippen molar-refractivity contribution in [2.45, 2.75) is 12.6 Å². The van der Waals surface area contributed by atoms with Crippen molar-refractivity contribution in [2.24, 2.45) is 0 Å². The summed E-state index contributed by atoms with van der Waals surface area (Å²) in [7, 11) is 0. The number of anilines is 3. The summed E-state index contributed by atoms with van der Waals surface area (Å²) in [6.07, 6.45) is 0. The van der Waals surface area contributed by atoms with Crippen LogP contribution in [0.2, 0.25) is 0 Å². The zero-order valence-electron chi connectivity index (χ0n) is 21.5. The molecule has 2 aliphatic heterocycles. The predicted octanol–water partition coefficient (Wildman–Crippen LogP) is 5.06. The molecule has 2 N–H and O–H groups in total. The van der Waals surface area contributed by atoms with Crippen LogP contribution in [0, 0.1) is 12.3 Å². The van der Waals surface area contributed by atoms with Crippen LogP contribution in [0.4, 0.5) is 17.1 Å². The number of rotatable bonds is 4. The molecule has 2 fully saturated rings. The summed E-state index contributed by atoms with van der Waals surface area (Å²) in [5, 5.41) is 21.0. The van der Waals surface area contributed by atoms with Gasteiger partial charge in [0.2, 0.25) is 11.6 Å². The van der Waals surface area contributed by atoms with Gasteiger partial charge in [0.05, 0.1) is 5.69 Å². The zero-order valence-corrected chi connectivity index (χ0v) is 21.5. The lowest BCUT2D eigenvalue weighted by molar-refractivity contribution is -0.132. The molecule has 1 spiro atoms. The number of hydrogen-bond acceptors (Lipinski definition) is 5. The van der Waals surface area contributed by atoms with Gasteiger partial charge in [0, 0.05) is 16.9 Å². The lowest BCUT2D eigenvalue weighted by Gasteiger charge is -2.39. The van der Waals surface area contributed by atoms with Crippen molar-refractivity contribution < 1.29 is 19.5 Å². The molecule has 4 aromatic carbocycles. The van der Waals surface area contributed by atoms with E-state index in [-0.39, 0.29) is 17.2 Å². The van der Waals surface area contributed by atoms with Crippen molar-refractivity contribution >= 4 is 46.4 Å². The maximum atomic E-state index is 14.9. The molecule has 4 aromatic rings. The summed E-state index contributed by atoms with van der Waals surface area (Å²) in [5.41, 5.74) is -0.429. The molecular weight excluding hydrogens is 504 g/mol. The first-order chi connectivity index (χ1) is 19.4. The standard InChI is InChI=1S/C32H24N4O4/c1-21-17-19-25(20-18-21)35-29(39)28(38)26(27(37)22-11-5-2-6-12-22)32(35)30(40)34(23-13-7-3-8-14-23)31(33)36(32)24-15-9-4-10-16-24/h2-20,33,37H,1H3/b27-26-,33-31?. The van der Waals surface area contributed by atoms with E-state index < -0.39 is 34.6 Å². The summed E-state index contributed by atoms with van der Waals surface area (Å²) in [6.45, 7) is 1.88. The number of aliphatic hydroxyl groups is 1. The quantitative estimate of drug-likeness (QED) is 0.219. The van der Waals surface area contributed by atoms with E-state index in [1.807, 2.05) is 6.92 Å². The number of hydrogen-bond donors (Lipinski definition) is 2. The van der Waals surface area contributed by atoms with Gasteiger partial charge in [-0.25, -0.2) is 4.90 Å². The van der Waals surface area contributed by atoms with Crippen LogP contribution < -0.4 is 14.7 Å². The number of aryl methyl sites for hydroxylation is 1. The maximum Gasteiger partial charge on any atom is 0.301 e. The van der Waals surface area contributed by atoms with E-state index in [0.717, 1.165) is 10.5 Å². The van der Waals surface area contributed by atoms with Gasteiger partial charge in [-0.2, -0.15) is 0 Å². The Morgan fingerprint density at radius 1 is 0.675 bits per heavy atom. The minimum Gasteiger partial charge on any atom is -0.507 e. The van der Waals surface area contributed by atoms with Crippen molar-refractivity contribution in [3.05, 3.63) is 132 Å². The Balaban J connectivity index is 1.74. The summed E-state index contributed by atoms with van der Waals surface area (Å²) in [4.78, 5) is 46.3. The number of amides is 2. The van der Waals surface area contributed by atoms with E-state index in [4.69, 9.17) is 0 Å². The van der Waals surface area contributed by atoms with Gasteiger partial charge >= 0.3 is 5.91 Å². The fourth-order valence-corrected chi connectivity index (χ4v) is 5.35. The van der Waals surface area contributed by atoms with Gasteiger partial charge in [0.1, 0.15) is 11.3 Å². The maximum absolute atomic E-state index is 14.9. The Kier molecular flexibility index (Phi) is 5.80. The molecule has 8 heteroatoms. The number of ketones is 1. The van der Waals surface area contributed by atoms with Gasteiger partial charge < -0.3 is 5.11 Å². The molecule has 40 heavy (non-hydrogen) atoms. The molecule has 1 atom stereocenters. The van der Waals surface area contributed by atoms with E-state index in [1.165, 1.54) is 9.80 Å². The van der Waals surface area contributed by atoms with E-state index >= 15 is 0 Å². The molecule has 0 aliphatic carbocycles. The number of Topliss-reactive ketones (excluding diaryl/α,β-unsaturated/α-hetero) is 1. The predicted molar refractivity (Wildman–Crippen MR) is 153 cm³/mol. The second-order valence-electron chi connectivity index (χ2n) is 9.54. The summed E-state index contributed by atoms with van der Waals surface area (Å²) in [6, 6.07) is 32.4. The van der Waals surface area contributed by atoms with Crippen LogP contribution in [0.1, 0.15) is 11.1 Å². The van der Waals surface area contributed by atoms with Gasteiger partial charge in [-0.3, -0.25) is 29.6 Å². The van der Waals surface area contributed by atoms with Crippen LogP contribution in [0.5, 0.6) is 0 Å². The largest absolute Gasteiger partial charge is 0.507 e. The first-order valence-corrected chi connectivity index (χ1v) is 12.7. The highest BCUT2D eigenvalue weighted by Crippen LogP contribution is 2.49. The number of guanidine groups is 1. The smallest absolute Gasteiger partial charge is 0.301 e. The normalized spacial score (nSPS) is 20.2. The molecule has 0 saturated carbocycles. The monoisotopic (exact) mass is 528 g/mol. The Morgan fingerprint density at radius 3 is 1.75 bits per heavy atom. The second kappa shape index (κ2) is 9.36. The molecule has 0 radical (unpaired) electrons. The number of aliphatic hydroxyl groups excluding tert-OH is 1. The Morgan fingerprint density at radius 2 is 1.18 bits per heavy atom. The molecule has 2 saturated heterocycles. The fraction of sp³-hybridized carbons (Fsp3) is 0.0625. The van der Waals surface area contributed by atoms with Crippen molar-refractivity contribution in [3.8, 4) is 0 Å². The third kappa shape index (κ3) is 3.46. The van der Waals surface area contributed by atoms with Gasteiger partial charge in [-0.1, -0.05) is 84.4 Å². The fourth-order valence-electron chi connectivity index (χ4n) is 5.35. The molecule has 6 rings (SSSR count). The minimum atomic E-state index is -2.22. The molecule has 8 nitrogen and oxygen atoms in total. The highest BCUT2D eigenvalue weighted by atomic mass is 16.3. The van der Waals surface area contributed by atoms with Crippen LogP contribution in [0.15, 0.2) is 121 Å². The zero-order chi connectivity index (χ0) is 28.0. The summed E-state index contributed by atoms with van der Waals surface area (Å²) >= 11 is 0.